The van der Waals surface area contributed by atoms with Crippen LogP contribution in [0, 0.1) is 15.3 Å². The van der Waals surface area contributed by atoms with Crippen LogP contribution in [0.3, 0.4) is 0 Å². The van der Waals surface area contributed by atoms with Gasteiger partial charge in [-0.15, -0.1) is 0 Å². The summed E-state index contributed by atoms with van der Waals surface area (Å²) in [5, 5.41) is 3.36. The lowest BCUT2D eigenvalue weighted by molar-refractivity contribution is 0.314. The molecule has 0 atom stereocenters. The lowest BCUT2D eigenvalue weighted by Gasteiger charge is -2.26. The summed E-state index contributed by atoms with van der Waals surface area (Å²) in [7, 11) is 0. The average Bonchev–Trinajstić information content (AvgIpc) is 2.34. The molecule has 0 heterocycles. The van der Waals surface area contributed by atoms with Crippen LogP contribution in [0.25, 0.3) is 0 Å². The van der Waals surface area contributed by atoms with Crippen LogP contribution in [-0.2, 0) is 6.54 Å². The molecule has 100 valence electrons. The highest BCUT2D eigenvalue weighted by Gasteiger charge is 2.17. The predicted molar refractivity (Wildman–Crippen MR) is 80.8 cm³/mol. The SMILES string of the molecule is N[C@H]1CC[C@H](CNCc2ccc(I)cc2F)CC1. The van der Waals surface area contributed by atoms with E-state index in [4.69, 9.17) is 5.73 Å². The van der Waals surface area contributed by atoms with E-state index in [-0.39, 0.29) is 5.82 Å². The molecule has 0 spiro atoms. The fourth-order valence-corrected chi connectivity index (χ4v) is 2.92. The molecule has 1 saturated carbocycles. The summed E-state index contributed by atoms with van der Waals surface area (Å²) in [5.41, 5.74) is 6.63. The van der Waals surface area contributed by atoms with Crippen molar-refractivity contribution < 1.29 is 4.39 Å². The zero-order valence-corrected chi connectivity index (χ0v) is 12.6. The second kappa shape index (κ2) is 6.82. The fourth-order valence-electron chi connectivity index (χ4n) is 2.47. The van der Waals surface area contributed by atoms with Gasteiger partial charge < -0.3 is 11.1 Å². The molecule has 0 radical (unpaired) electrons. The largest absolute Gasteiger partial charge is 0.328 e. The Kier molecular flexibility index (Phi) is 5.38. The van der Waals surface area contributed by atoms with Crippen molar-refractivity contribution in [2.75, 3.05) is 6.54 Å². The van der Waals surface area contributed by atoms with Crippen molar-refractivity contribution in [1.82, 2.24) is 5.32 Å². The summed E-state index contributed by atoms with van der Waals surface area (Å²) in [6.07, 6.45) is 4.65. The van der Waals surface area contributed by atoms with E-state index in [9.17, 15) is 4.39 Å². The molecule has 1 fully saturated rings. The van der Waals surface area contributed by atoms with Crippen molar-refractivity contribution >= 4 is 22.6 Å². The molecule has 0 aliphatic heterocycles. The topological polar surface area (TPSA) is 38.0 Å². The molecule has 4 heteroatoms. The van der Waals surface area contributed by atoms with E-state index in [1.807, 2.05) is 12.1 Å². The third kappa shape index (κ3) is 4.17. The number of nitrogens with one attached hydrogen (secondary N) is 1. The van der Waals surface area contributed by atoms with Gasteiger partial charge in [0, 0.05) is 21.7 Å². The van der Waals surface area contributed by atoms with E-state index in [1.54, 1.807) is 6.07 Å². The minimum Gasteiger partial charge on any atom is -0.328 e. The van der Waals surface area contributed by atoms with Gasteiger partial charge in [0.05, 0.1) is 0 Å². The third-order valence-corrected chi connectivity index (χ3v) is 4.33. The second-order valence-corrected chi connectivity index (χ2v) is 6.39. The van der Waals surface area contributed by atoms with Crippen molar-refractivity contribution in [3.63, 3.8) is 0 Å². The first-order chi connectivity index (χ1) is 8.65. The van der Waals surface area contributed by atoms with Crippen LogP contribution in [0.15, 0.2) is 18.2 Å². The Bertz CT molecular complexity index is 389. The van der Waals surface area contributed by atoms with Crippen LogP contribution in [0.2, 0.25) is 0 Å². The highest BCUT2D eigenvalue weighted by Crippen LogP contribution is 2.22. The Balaban J connectivity index is 1.75. The van der Waals surface area contributed by atoms with E-state index >= 15 is 0 Å². The summed E-state index contributed by atoms with van der Waals surface area (Å²) < 4.78 is 14.5. The van der Waals surface area contributed by atoms with Crippen molar-refractivity contribution in [1.29, 1.82) is 0 Å². The summed E-state index contributed by atoms with van der Waals surface area (Å²) in [6, 6.07) is 5.79. The molecule has 1 aliphatic carbocycles. The molecular formula is C14H20FIN2. The van der Waals surface area contributed by atoms with E-state index < -0.39 is 0 Å². The molecule has 0 unspecified atom stereocenters. The van der Waals surface area contributed by atoms with Gasteiger partial charge in [-0.25, -0.2) is 4.39 Å². The molecule has 0 bridgehead atoms. The molecule has 0 saturated heterocycles. The van der Waals surface area contributed by atoms with Gasteiger partial charge in [-0.3, -0.25) is 0 Å². The van der Waals surface area contributed by atoms with Crippen LogP contribution in [0.1, 0.15) is 31.2 Å². The zero-order chi connectivity index (χ0) is 13.0. The number of nitrogens with two attached hydrogens (primary N) is 1. The first kappa shape index (κ1) is 14.2. The maximum atomic E-state index is 13.6. The maximum absolute atomic E-state index is 13.6. The average molecular weight is 362 g/mol. The van der Waals surface area contributed by atoms with Gasteiger partial charge in [0.2, 0.25) is 0 Å². The van der Waals surface area contributed by atoms with Gasteiger partial charge in [0.25, 0.3) is 0 Å². The Hall–Kier alpha value is -0.200. The fraction of sp³-hybridized carbons (Fsp3) is 0.571. The van der Waals surface area contributed by atoms with E-state index in [0.29, 0.717) is 18.5 Å². The van der Waals surface area contributed by atoms with E-state index in [2.05, 4.69) is 27.9 Å². The number of hydrogen-bond donors (Lipinski definition) is 2. The molecule has 2 nitrogen and oxygen atoms in total. The van der Waals surface area contributed by atoms with Crippen LogP contribution in [0.4, 0.5) is 4.39 Å². The van der Waals surface area contributed by atoms with Gasteiger partial charge in [0.1, 0.15) is 5.82 Å². The lowest BCUT2D eigenvalue weighted by Crippen LogP contribution is -2.31. The van der Waals surface area contributed by atoms with Crippen LogP contribution < -0.4 is 11.1 Å². The normalized spacial score (nSPS) is 24.2. The molecule has 3 N–H and O–H groups in total. The van der Waals surface area contributed by atoms with Gasteiger partial charge >= 0.3 is 0 Å². The highest BCUT2D eigenvalue weighted by atomic mass is 127. The molecule has 18 heavy (non-hydrogen) atoms. The molecule has 0 aromatic heterocycles. The Labute approximate surface area is 122 Å². The van der Waals surface area contributed by atoms with Crippen LogP contribution in [-0.4, -0.2) is 12.6 Å². The zero-order valence-electron chi connectivity index (χ0n) is 10.5. The third-order valence-electron chi connectivity index (χ3n) is 3.65. The van der Waals surface area contributed by atoms with Crippen molar-refractivity contribution in [3.05, 3.63) is 33.1 Å². The van der Waals surface area contributed by atoms with Crippen LogP contribution in [0.5, 0.6) is 0 Å². The first-order valence-electron chi connectivity index (χ1n) is 6.55. The van der Waals surface area contributed by atoms with Crippen molar-refractivity contribution in [2.24, 2.45) is 11.7 Å². The van der Waals surface area contributed by atoms with Crippen molar-refractivity contribution in [3.8, 4) is 0 Å². The quantitative estimate of drug-likeness (QED) is 0.809. The summed E-state index contributed by atoms with van der Waals surface area (Å²) >= 11 is 2.12. The predicted octanol–water partition coefficient (Wildman–Crippen LogP) is 3.04. The van der Waals surface area contributed by atoms with Crippen LogP contribution >= 0.6 is 22.6 Å². The second-order valence-electron chi connectivity index (χ2n) is 5.15. The molecule has 2 rings (SSSR count). The van der Waals surface area contributed by atoms with Gasteiger partial charge in [-0.1, -0.05) is 6.07 Å². The molecule has 1 aromatic carbocycles. The Morgan fingerprint density at radius 2 is 2.00 bits per heavy atom. The molecular weight excluding hydrogens is 342 g/mol. The Morgan fingerprint density at radius 1 is 1.28 bits per heavy atom. The number of halogens is 2. The number of hydrogen-bond acceptors (Lipinski definition) is 2. The minimum absolute atomic E-state index is 0.111. The standard InChI is InChI=1S/C14H20FIN2/c15-14-7-12(16)4-3-11(14)9-18-8-10-1-5-13(17)6-2-10/h3-4,7,10,13,18H,1-2,5-6,8-9,17H2/t10-,13-. The molecule has 1 aromatic rings. The number of rotatable bonds is 4. The maximum Gasteiger partial charge on any atom is 0.128 e. The van der Waals surface area contributed by atoms with Gasteiger partial charge in [-0.05, 0) is 72.9 Å². The van der Waals surface area contributed by atoms with E-state index in [1.165, 1.54) is 12.8 Å². The smallest absolute Gasteiger partial charge is 0.128 e. The van der Waals surface area contributed by atoms with E-state index in [0.717, 1.165) is 28.5 Å². The van der Waals surface area contributed by atoms with Gasteiger partial charge in [-0.2, -0.15) is 0 Å². The first-order valence-corrected chi connectivity index (χ1v) is 7.63. The highest BCUT2D eigenvalue weighted by molar-refractivity contribution is 14.1. The minimum atomic E-state index is -0.111. The molecule has 0 amide bonds. The summed E-state index contributed by atoms with van der Waals surface area (Å²) in [6.45, 7) is 1.59. The summed E-state index contributed by atoms with van der Waals surface area (Å²) in [4.78, 5) is 0. The van der Waals surface area contributed by atoms with Gasteiger partial charge in [0.15, 0.2) is 0 Å². The van der Waals surface area contributed by atoms with Crippen molar-refractivity contribution in [2.45, 2.75) is 38.3 Å². The monoisotopic (exact) mass is 362 g/mol. The molecule has 1 aliphatic rings. The Morgan fingerprint density at radius 3 is 2.67 bits per heavy atom. The summed E-state index contributed by atoms with van der Waals surface area (Å²) in [5.74, 6) is 0.594. The lowest BCUT2D eigenvalue weighted by atomic mass is 9.86. The number of benzene rings is 1.